The number of anilines is 2. The first-order chi connectivity index (χ1) is 13.2. The lowest BCUT2D eigenvalue weighted by Gasteiger charge is -2.30. The van der Waals surface area contributed by atoms with E-state index in [0.29, 0.717) is 17.8 Å². The molecule has 0 aromatic heterocycles. The van der Waals surface area contributed by atoms with E-state index in [4.69, 9.17) is 9.84 Å². The summed E-state index contributed by atoms with van der Waals surface area (Å²) in [5, 5.41) is 12.2. The molecule has 2 heterocycles. The maximum atomic E-state index is 14.3. The summed E-state index contributed by atoms with van der Waals surface area (Å²) in [6.45, 7) is 9.11. The van der Waals surface area contributed by atoms with Crippen LogP contribution in [0.5, 0.6) is 0 Å². The molecule has 8 nitrogen and oxygen atoms in total. The number of piperazine rings is 1. The Morgan fingerprint density at radius 1 is 1.36 bits per heavy atom. The van der Waals surface area contributed by atoms with E-state index in [1.807, 2.05) is 25.7 Å². The van der Waals surface area contributed by atoms with Crippen molar-refractivity contribution in [3.05, 3.63) is 24.0 Å². The number of amides is 1. The van der Waals surface area contributed by atoms with Crippen molar-refractivity contribution < 1.29 is 28.6 Å². The van der Waals surface area contributed by atoms with Gasteiger partial charge in [-0.05, 0) is 39.0 Å². The lowest BCUT2D eigenvalue weighted by atomic mass is 10.2. The largest absolute Gasteiger partial charge is 0.462 e. The Balaban J connectivity index is 0.000000345. The Bertz CT molecular complexity index is 674. The van der Waals surface area contributed by atoms with Gasteiger partial charge in [-0.15, -0.1) is 0 Å². The number of carbonyl (C=O) groups is 2. The van der Waals surface area contributed by atoms with Crippen LogP contribution in [0.25, 0.3) is 0 Å². The van der Waals surface area contributed by atoms with Crippen molar-refractivity contribution in [2.75, 3.05) is 49.1 Å². The first kappa shape index (κ1) is 21.9. The van der Waals surface area contributed by atoms with Crippen molar-refractivity contribution in [1.29, 1.82) is 0 Å². The highest BCUT2D eigenvalue weighted by atomic mass is 19.1. The number of cyclic esters (lactones) is 1. The number of ether oxygens (including phenoxy) is 2. The van der Waals surface area contributed by atoms with Gasteiger partial charge in [0, 0.05) is 26.2 Å². The fourth-order valence-electron chi connectivity index (χ4n) is 2.80. The van der Waals surface area contributed by atoms with Crippen LogP contribution in [0.15, 0.2) is 18.2 Å². The van der Waals surface area contributed by atoms with E-state index in [-0.39, 0.29) is 24.6 Å². The van der Waals surface area contributed by atoms with E-state index in [9.17, 15) is 14.0 Å². The minimum absolute atomic E-state index is 0.233. The average Bonchev–Trinajstić information content (AvgIpc) is 3.03. The number of nitrogens with zero attached hydrogens (tertiary/aromatic N) is 2. The van der Waals surface area contributed by atoms with Gasteiger partial charge in [0.1, 0.15) is 17.5 Å². The topological polar surface area (TPSA) is 91.3 Å². The molecule has 0 aliphatic carbocycles. The Labute approximate surface area is 164 Å². The molecule has 1 aromatic carbocycles. The van der Waals surface area contributed by atoms with Gasteiger partial charge in [0.05, 0.1) is 24.5 Å². The highest BCUT2D eigenvalue weighted by molar-refractivity contribution is 5.90. The third kappa shape index (κ3) is 6.07. The average molecular weight is 397 g/mol. The molecule has 1 aromatic rings. The van der Waals surface area contributed by atoms with E-state index in [1.165, 1.54) is 11.0 Å². The Kier molecular flexibility index (Phi) is 7.59. The molecule has 1 amide bonds. The van der Waals surface area contributed by atoms with Crippen LogP contribution >= 0.6 is 0 Å². The molecule has 2 N–H and O–H groups in total. The Morgan fingerprint density at radius 3 is 2.50 bits per heavy atom. The molecule has 28 heavy (non-hydrogen) atoms. The van der Waals surface area contributed by atoms with E-state index < -0.39 is 12.2 Å². The lowest BCUT2D eigenvalue weighted by molar-refractivity contribution is -0.138. The second-order valence-corrected chi connectivity index (χ2v) is 7.50. The fraction of sp³-hybridized carbons (Fsp3) is 0.579. The van der Waals surface area contributed by atoms with Crippen molar-refractivity contribution >= 4 is 23.9 Å². The van der Waals surface area contributed by atoms with Gasteiger partial charge in [0.2, 0.25) is 0 Å². The Hall–Kier alpha value is -2.39. The summed E-state index contributed by atoms with van der Waals surface area (Å²) in [5.74, 6) is -0.352. The summed E-state index contributed by atoms with van der Waals surface area (Å²) in [6, 6.07) is 4.75. The predicted octanol–water partition coefficient (Wildman–Crippen LogP) is 1.51. The summed E-state index contributed by atoms with van der Waals surface area (Å²) in [4.78, 5) is 24.6. The van der Waals surface area contributed by atoms with Crippen molar-refractivity contribution in [1.82, 2.24) is 5.32 Å². The van der Waals surface area contributed by atoms with Crippen molar-refractivity contribution in [2.24, 2.45) is 0 Å². The maximum Gasteiger partial charge on any atom is 0.414 e. The first-order valence-electron chi connectivity index (χ1n) is 9.21. The molecule has 156 valence electrons. The summed E-state index contributed by atoms with van der Waals surface area (Å²) < 4.78 is 23.8. The summed E-state index contributed by atoms with van der Waals surface area (Å²) >= 11 is 0. The molecule has 2 aliphatic heterocycles. The van der Waals surface area contributed by atoms with Crippen molar-refractivity contribution in [2.45, 2.75) is 32.5 Å². The van der Waals surface area contributed by atoms with E-state index >= 15 is 0 Å². The molecule has 2 aliphatic rings. The molecular weight excluding hydrogens is 369 g/mol. The molecule has 3 rings (SSSR count). The van der Waals surface area contributed by atoms with Crippen LogP contribution in [0.2, 0.25) is 0 Å². The van der Waals surface area contributed by atoms with Gasteiger partial charge in [0.25, 0.3) is 6.47 Å². The number of hydrogen-bond donors (Lipinski definition) is 2. The lowest BCUT2D eigenvalue weighted by Crippen LogP contribution is -2.43. The molecule has 0 spiro atoms. The standard InChI is InChI=1S/C14H18FN3O3.C5H10O2/c15-12-7-10(18-8-11(9-19)21-14(18)20)1-2-13(12)17-5-3-16-4-6-17;1-5(2,3)7-4-6/h1-2,7,11,16,19H,3-6,8-9H2;4H,1-3H3/t11-;/m1./s1. The molecule has 0 unspecified atom stereocenters. The zero-order chi connectivity index (χ0) is 20.7. The highest BCUT2D eigenvalue weighted by Gasteiger charge is 2.32. The minimum Gasteiger partial charge on any atom is -0.462 e. The van der Waals surface area contributed by atoms with Crippen molar-refractivity contribution in [3.8, 4) is 0 Å². The van der Waals surface area contributed by atoms with E-state index in [1.54, 1.807) is 12.1 Å². The third-order valence-electron chi connectivity index (χ3n) is 4.18. The number of aliphatic hydroxyl groups is 1. The summed E-state index contributed by atoms with van der Waals surface area (Å²) in [5.41, 5.74) is 0.681. The second kappa shape index (κ2) is 9.70. The van der Waals surface area contributed by atoms with Gasteiger partial charge in [-0.2, -0.15) is 0 Å². The SMILES string of the molecule is CC(C)(C)OC=O.O=C1O[C@@H](CO)CN1c1ccc(N2CCNCC2)c(F)c1. The number of aliphatic hydroxyl groups excluding tert-OH is 1. The van der Waals surface area contributed by atoms with E-state index in [0.717, 1.165) is 26.2 Å². The van der Waals surface area contributed by atoms with E-state index in [2.05, 4.69) is 10.1 Å². The van der Waals surface area contributed by atoms with Crippen molar-refractivity contribution in [3.63, 3.8) is 0 Å². The van der Waals surface area contributed by atoms with Crippen LogP contribution in [0.1, 0.15) is 20.8 Å². The van der Waals surface area contributed by atoms with Crippen LogP contribution in [0, 0.1) is 5.82 Å². The van der Waals surface area contributed by atoms with Crippen LogP contribution in [-0.2, 0) is 14.3 Å². The molecular formula is C19H28FN3O5. The maximum absolute atomic E-state index is 14.3. The molecule has 0 radical (unpaired) electrons. The smallest absolute Gasteiger partial charge is 0.414 e. The number of carbonyl (C=O) groups excluding carboxylic acids is 2. The fourth-order valence-corrected chi connectivity index (χ4v) is 2.80. The predicted molar refractivity (Wildman–Crippen MR) is 103 cm³/mol. The molecule has 9 heteroatoms. The number of nitrogens with one attached hydrogen (secondary N) is 1. The number of rotatable bonds is 4. The zero-order valence-corrected chi connectivity index (χ0v) is 16.5. The monoisotopic (exact) mass is 397 g/mol. The van der Waals surface area contributed by atoms with Crippen LogP contribution in [-0.4, -0.2) is 68.7 Å². The minimum atomic E-state index is -0.552. The molecule has 2 fully saturated rings. The normalized spacial score (nSPS) is 19.6. The summed E-state index contributed by atoms with van der Waals surface area (Å²) in [6.07, 6.45) is -1.10. The van der Waals surface area contributed by atoms with Gasteiger partial charge in [-0.25, -0.2) is 9.18 Å². The Morgan fingerprint density at radius 2 is 2.04 bits per heavy atom. The number of hydrogen-bond acceptors (Lipinski definition) is 7. The van der Waals surface area contributed by atoms with Gasteiger partial charge >= 0.3 is 6.09 Å². The third-order valence-corrected chi connectivity index (χ3v) is 4.18. The first-order valence-corrected chi connectivity index (χ1v) is 9.21. The number of halogens is 1. The van der Waals surface area contributed by atoms with Gasteiger partial charge < -0.3 is 24.8 Å². The van der Waals surface area contributed by atoms with Crippen LogP contribution in [0.3, 0.4) is 0 Å². The zero-order valence-electron chi connectivity index (χ0n) is 16.5. The summed E-state index contributed by atoms with van der Waals surface area (Å²) in [7, 11) is 0. The molecule has 0 bridgehead atoms. The van der Waals surface area contributed by atoms with Gasteiger partial charge in [-0.1, -0.05) is 0 Å². The quantitative estimate of drug-likeness (QED) is 0.744. The number of benzene rings is 1. The molecule has 2 saturated heterocycles. The van der Waals surface area contributed by atoms with Crippen LogP contribution < -0.4 is 15.1 Å². The molecule has 0 saturated carbocycles. The van der Waals surface area contributed by atoms with Gasteiger partial charge in [0.15, 0.2) is 0 Å². The second-order valence-electron chi connectivity index (χ2n) is 7.50. The van der Waals surface area contributed by atoms with Crippen LogP contribution in [0.4, 0.5) is 20.6 Å². The molecule has 1 atom stereocenters. The highest BCUT2D eigenvalue weighted by Crippen LogP contribution is 2.28. The van der Waals surface area contributed by atoms with Gasteiger partial charge in [-0.3, -0.25) is 9.69 Å².